The van der Waals surface area contributed by atoms with E-state index in [-0.39, 0.29) is 18.8 Å². The molecule has 0 aromatic heterocycles. The SMILES string of the molecule is CCc1ccc(OCc2c(I)cccc2CC(=O)OC)c(C(F)(F)F)c1. The molecule has 2 aromatic carbocycles. The van der Waals surface area contributed by atoms with Gasteiger partial charge in [0.05, 0.1) is 19.1 Å². The highest BCUT2D eigenvalue weighted by atomic mass is 127. The zero-order valence-electron chi connectivity index (χ0n) is 14.3. The Bertz CT molecular complexity index is 788. The third-order valence-electron chi connectivity index (χ3n) is 3.91. The summed E-state index contributed by atoms with van der Waals surface area (Å²) in [5, 5.41) is 0. The molecule has 0 heterocycles. The van der Waals surface area contributed by atoms with E-state index < -0.39 is 17.7 Å². The first kappa shape index (κ1) is 20.5. The predicted octanol–water partition coefficient (Wildman–Crippen LogP) is 5.17. The van der Waals surface area contributed by atoms with Gasteiger partial charge in [0.1, 0.15) is 12.4 Å². The van der Waals surface area contributed by atoms with E-state index in [1.54, 1.807) is 25.1 Å². The fourth-order valence-corrected chi connectivity index (χ4v) is 3.16. The molecule has 2 rings (SSSR count). The second kappa shape index (κ2) is 8.75. The molecule has 0 aliphatic carbocycles. The largest absolute Gasteiger partial charge is 0.488 e. The van der Waals surface area contributed by atoms with E-state index in [1.165, 1.54) is 13.2 Å². The summed E-state index contributed by atoms with van der Waals surface area (Å²) in [5.74, 6) is -0.644. The summed E-state index contributed by atoms with van der Waals surface area (Å²) in [6.07, 6.45) is -3.96. The number of benzene rings is 2. The molecule has 0 saturated carbocycles. The van der Waals surface area contributed by atoms with Gasteiger partial charge in [0.15, 0.2) is 0 Å². The van der Waals surface area contributed by atoms with Crippen LogP contribution in [0.15, 0.2) is 36.4 Å². The lowest BCUT2D eigenvalue weighted by atomic mass is 10.0. The van der Waals surface area contributed by atoms with Crippen molar-refractivity contribution in [3.05, 3.63) is 62.2 Å². The Hall–Kier alpha value is -1.77. The highest BCUT2D eigenvalue weighted by molar-refractivity contribution is 14.1. The summed E-state index contributed by atoms with van der Waals surface area (Å²) in [5.41, 5.74) is 1.14. The van der Waals surface area contributed by atoms with E-state index in [1.807, 2.05) is 6.07 Å². The molecular weight excluding hydrogens is 460 g/mol. The number of hydrogen-bond donors (Lipinski definition) is 0. The fraction of sp³-hybridized carbons (Fsp3) is 0.316. The lowest BCUT2D eigenvalue weighted by molar-refractivity contribution is -0.140. The number of rotatable bonds is 6. The van der Waals surface area contributed by atoms with Crippen LogP contribution in [0.2, 0.25) is 0 Å². The molecule has 0 spiro atoms. The van der Waals surface area contributed by atoms with Crippen LogP contribution in [0.25, 0.3) is 0 Å². The molecule has 7 heteroatoms. The van der Waals surface area contributed by atoms with Gasteiger partial charge in [0.2, 0.25) is 0 Å². The maximum absolute atomic E-state index is 13.3. The van der Waals surface area contributed by atoms with Gasteiger partial charge in [-0.05, 0) is 58.3 Å². The first-order chi connectivity index (χ1) is 12.3. The van der Waals surface area contributed by atoms with Crippen molar-refractivity contribution in [2.45, 2.75) is 32.5 Å². The van der Waals surface area contributed by atoms with Crippen LogP contribution in [0, 0.1) is 3.57 Å². The Labute approximate surface area is 163 Å². The van der Waals surface area contributed by atoms with E-state index in [2.05, 4.69) is 27.3 Å². The van der Waals surface area contributed by atoms with Crippen molar-refractivity contribution in [2.75, 3.05) is 7.11 Å². The summed E-state index contributed by atoms with van der Waals surface area (Å²) in [7, 11) is 1.29. The maximum Gasteiger partial charge on any atom is 0.419 e. The van der Waals surface area contributed by atoms with E-state index >= 15 is 0 Å². The molecule has 0 unspecified atom stereocenters. The van der Waals surface area contributed by atoms with Crippen molar-refractivity contribution in [3.63, 3.8) is 0 Å². The second-order valence-electron chi connectivity index (χ2n) is 5.60. The van der Waals surface area contributed by atoms with Crippen LogP contribution >= 0.6 is 22.6 Å². The van der Waals surface area contributed by atoms with Crippen LogP contribution in [0.1, 0.15) is 29.2 Å². The first-order valence-corrected chi connectivity index (χ1v) is 9.00. The van der Waals surface area contributed by atoms with Crippen LogP contribution < -0.4 is 4.74 Å². The quantitative estimate of drug-likeness (QED) is 0.425. The number of carbonyl (C=O) groups is 1. The number of esters is 1. The van der Waals surface area contributed by atoms with Crippen molar-refractivity contribution in [3.8, 4) is 5.75 Å². The maximum atomic E-state index is 13.3. The van der Waals surface area contributed by atoms with Gasteiger partial charge in [-0.3, -0.25) is 4.79 Å². The molecule has 0 radical (unpaired) electrons. The minimum Gasteiger partial charge on any atom is -0.488 e. The Morgan fingerprint density at radius 2 is 1.92 bits per heavy atom. The number of alkyl halides is 3. The standard InChI is InChI=1S/C19H18F3IO3/c1-3-12-7-8-17(15(9-12)19(20,21)22)26-11-14-13(10-18(24)25-2)5-4-6-16(14)23/h4-9H,3,10-11H2,1-2H3. The highest BCUT2D eigenvalue weighted by Crippen LogP contribution is 2.37. The smallest absolute Gasteiger partial charge is 0.419 e. The molecule has 2 aromatic rings. The molecule has 0 amide bonds. The highest BCUT2D eigenvalue weighted by Gasteiger charge is 2.34. The number of aryl methyl sites for hydroxylation is 1. The number of carbonyl (C=O) groups excluding carboxylic acids is 1. The predicted molar refractivity (Wildman–Crippen MR) is 100 cm³/mol. The molecule has 0 aliphatic heterocycles. The van der Waals surface area contributed by atoms with Crippen LogP contribution in [0.5, 0.6) is 5.75 Å². The van der Waals surface area contributed by atoms with Crippen LogP contribution in [0.3, 0.4) is 0 Å². The van der Waals surface area contributed by atoms with Crippen molar-refractivity contribution in [1.82, 2.24) is 0 Å². The van der Waals surface area contributed by atoms with Gasteiger partial charge in [0.25, 0.3) is 0 Å². The second-order valence-corrected chi connectivity index (χ2v) is 6.76. The third-order valence-corrected chi connectivity index (χ3v) is 4.92. The number of halogens is 4. The average Bonchev–Trinajstić information content (AvgIpc) is 2.60. The average molecular weight is 478 g/mol. The van der Waals surface area contributed by atoms with Crippen molar-refractivity contribution in [2.24, 2.45) is 0 Å². The summed E-state index contributed by atoms with van der Waals surface area (Å²) in [4.78, 5) is 11.6. The molecule has 0 N–H and O–H groups in total. The molecule has 0 bridgehead atoms. The third kappa shape index (κ3) is 5.12. The lowest BCUT2D eigenvalue weighted by Gasteiger charge is -2.17. The minimum absolute atomic E-state index is 0.0347. The lowest BCUT2D eigenvalue weighted by Crippen LogP contribution is -2.12. The van der Waals surface area contributed by atoms with Crippen molar-refractivity contribution < 1.29 is 27.4 Å². The van der Waals surface area contributed by atoms with Crippen LogP contribution in [-0.2, 0) is 35.2 Å². The van der Waals surface area contributed by atoms with E-state index in [0.717, 1.165) is 9.64 Å². The van der Waals surface area contributed by atoms with Gasteiger partial charge in [-0.1, -0.05) is 25.1 Å². The van der Waals surface area contributed by atoms with Gasteiger partial charge < -0.3 is 9.47 Å². The molecule has 140 valence electrons. The van der Waals surface area contributed by atoms with E-state index in [4.69, 9.17) is 4.74 Å². The number of hydrogen-bond acceptors (Lipinski definition) is 3. The molecule has 0 fully saturated rings. The number of ether oxygens (including phenoxy) is 2. The summed E-state index contributed by atoms with van der Waals surface area (Å²) >= 11 is 2.07. The van der Waals surface area contributed by atoms with Crippen LogP contribution in [0.4, 0.5) is 13.2 Å². The minimum atomic E-state index is -4.50. The van der Waals surface area contributed by atoms with Gasteiger partial charge in [-0.25, -0.2) is 0 Å². The van der Waals surface area contributed by atoms with Gasteiger partial charge in [-0.2, -0.15) is 13.2 Å². The topological polar surface area (TPSA) is 35.5 Å². The zero-order valence-corrected chi connectivity index (χ0v) is 16.5. The van der Waals surface area contributed by atoms with Gasteiger partial charge in [0, 0.05) is 9.13 Å². The summed E-state index contributed by atoms with van der Waals surface area (Å²) in [6, 6.07) is 9.40. The number of methoxy groups -OCH3 is 1. The fourth-order valence-electron chi connectivity index (χ4n) is 2.45. The Kier molecular flexibility index (Phi) is 6.91. The summed E-state index contributed by atoms with van der Waals surface area (Å²) in [6.45, 7) is 1.72. The Morgan fingerprint density at radius 1 is 1.19 bits per heavy atom. The Morgan fingerprint density at radius 3 is 2.54 bits per heavy atom. The van der Waals surface area contributed by atoms with Gasteiger partial charge in [-0.15, -0.1) is 0 Å². The molecular formula is C19H18F3IO3. The monoisotopic (exact) mass is 478 g/mol. The molecule has 0 atom stereocenters. The molecule has 0 aliphatic rings. The summed E-state index contributed by atoms with van der Waals surface area (Å²) < 4.78 is 51.0. The molecule has 26 heavy (non-hydrogen) atoms. The van der Waals surface area contributed by atoms with Crippen molar-refractivity contribution in [1.29, 1.82) is 0 Å². The molecule has 3 nitrogen and oxygen atoms in total. The first-order valence-electron chi connectivity index (χ1n) is 7.92. The van der Waals surface area contributed by atoms with Gasteiger partial charge >= 0.3 is 12.1 Å². The van der Waals surface area contributed by atoms with E-state index in [0.29, 0.717) is 23.1 Å². The zero-order chi connectivity index (χ0) is 19.3. The Balaban J connectivity index is 2.31. The van der Waals surface area contributed by atoms with E-state index in [9.17, 15) is 18.0 Å². The van der Waals surface area contributed by atoms with Crippen LogP contribution in [-0.4, -0.2) is 13.1 Å². The van der Waals surface area contributed by atoms with Crippen molar-refractivity contribution >= 4 is 28.6 Å². The molecule has 0 saturated heterocycles. The normalized spacial score (nSPS) is 11.3.